The van der Waals surface area contributed by atoms with Crippen LogP contribution in [0.5, 0.6) is 0 Å². The Morgan fingerprint density at radius 1 is 1.00 bits per heavy atom. The van der Waals surface area contributed by atoms with Crippen LogP contribution in [0.3, 0.4) is 0 Å². The first kappa shape index (κ1) is 18.7. The molecule has 0 aliphatic heterocycles. The van der Waals surface area contributed by atoms with Gasteiger partial charge in [-0.05, 0) is 47.0 Å². The molecule has 0 nitrogen and oxygen atoms in total. The fraction of sp³-hybridized carbons (Fsp3) is 0.500. The highest BCUT2D eigenvalue weighted by atomic mass is 14.2. The fourth-order valence-electron chi connectivity index (χ4n) is 2.04. The first-order valence-corrected chi connectivity index (χ1v) is 7.89. The zero-order valence-electron chi connectivity index (χ0n) is 14.3. The van der Waals surface area contributed by atoms with Crippen molar-refractivity contribution < 1.29 is 0 Å². The van der Waals surface area contributed by atoms with Crippen molar-refractivity contribution in [1.29, 1.82) is 0 Å². The van der Waals surface area contributed by atoms with Crippen molar-refractivity contribution in [2.75, 3.05) is 0 Å². The fourth-order valence-corrected chi connectivity index (χ4v) is 2.04. The van der Waals surface area contributed by atoms with Gasteiger partial charge in [-0.1, -0.05) is 79.0 Å². The van der Waals surface area contributed by atoms with E-state index >= 15 is 0 Å². The summed E-state index contributed by atoms with van der Waals surface area (Å²) in [6, 6.07) is 8.47. The number of rotatable bonds is 0. The van der Waals surface area contributed by atoms with Gasteiger partial charge in [0.15, 0.2) is 0 Å². The number of benzene rings is 1. The minimum Gasteiger partial charge on any atom is -0.0952 e. The molecule has 0 fully saturated rings. The van der Waals surface area contributed by atoms with Crippen LogP contribution in [-0.4, -0.2) is 0 Å². The van der Waals surface area contributed by atoms with Crippen LogP contribution < -0.4 is 0 Å². The smallest absolute Gasteiger partial charge is 0.0153 e. The highest BCUT2D eigenvalue weighted by Crippen LogP contribution is 2.36. The Morgan fingerprint density at radius 3 is 1.95 bits per heavy atom. The van der Waals surface area contributed by atoms with Gasteiger partial charge in [0, 0.05) is 0 Å². The largest absolute Gasteiger partial charge is 0.0952 e. The molecule has 0 heteroatoms. The molecule has 1 aliphatic carbocycles. The number of hydrogen-bond acceptors (Lipinski definition) is 0. The Bertz CT molecular complexity index is 421. The van der Waals surface area contributed by atoms with E-state index in [1.807, 2.05) is 13.8 Å². The van der Waals surface area contributed by atoms with E-state index in [0.717, 1.165) is 12.3 Å². The van der Waals surface area contributed by atoms with Gasteiger partial charge in [-0.15, -0.1) is 0 Å². The summed E-state index contributed by atoms with van der Waals surface area (Å²) in [4.78, 5) is 0. The highest BCUT2D eigenvalue weighted by molar-refractivity contribution is 5.80. The van der Waals surface area contributed by atoms with Gasteiger partial charge in [-0.25, -0.2) is 0 Å². The van der Waals surface area contributed by atoms with Gasteiger partial charge < -0.3 is 0 Å². The third kappa shape index (κ3) is 5.77. The van der Waals surface area contributed by atoms with Crippen LogP contribution >= 0.6 is 0 Å². The lowest BCUT2D eigenvalue weighted by molar-refractivity contribution is 0.689. The first-order valence-electron chi connectivity index (χ1n) is 7.89. The molecule has 0 bridgehead atoms. The van der Waals surface area contributed by atoms with Gasteiger partial charge in [0.2, 0.25) is 0 Å². The predicted octanol–water partition coefficient (Wildman–Crippen LogP) is 6.83. The average Bonchev–Trinajstić information content (AvgIpc) is 2.54. The Balaban J connectivity index is 0.000000521. The lowest BCUT2D eigenvalue weighted by atomic mass is 9.93. The molecule has 0 spiro atoms. The number of fused-ring (bicyclic) bond motifs is 1. The Hall–Kier alpha value is -1.30. The molecule has 1 aliphatic rings. The molecule has 0 N–H and O–H groups in total. The predicted molar refractivity (Wildman–Crippen MR) is 94.8 cm³/mol. The molecule has 1 aromatic rings. The maximum Gasteiger partial charge on any atom is -0.0153 e. The molecule has 0 radical (unpaired) electrons. The summed E-state index contributed by atoms with van der Waals surface area (Å²) in [5, 5.41) is 0. The average molecular weight is 272 g/mol. The molecular formula is C20H32. The van der Waals surface area contributed by atoms with E-state index in [-0.39, 0.29) is 0 Å². The van der Waals surface area contributed by atoms with Gasteiger partial charge in [0.25, 0.3) is 0 Å². The van der Waals surface area contributed by atoms with Crippen molar-refractivity contribution >= 4 is 11.1 Å². The zero-order chi connectivity index (χ0) is 15.7. The summed E-state index contributed by atoms with van der Waals surface area (Å²) < 4.78 is 0. The van der Waals surface area contributed by atoms with Crippen LogP contribution in [0.4, 0.5) is 0 Å². The van der Waals surface area contributed by atoms with E-state index in [2.05, 4.69) is 65.1 Å². The highest BCUT2D eigenvalue weighted by Gasteiger charge is 2.18. The quantitative estimate of drug-likeness (QED) is 0.454. The monoisotopic (exact) mass is 272 g/mol. The lowest BCUT2D eigenvalue weighted by Crippen LogP contribution is -1.95. The SMILES string of the molecule is C=C1CCC(C)C(=C)c2ccccc21.CC.CC(C)C. The van der Waals surface area contributed by atoms with E-state index in [1.165, 1.54) is 28.7 Å². The van der Waals surface area contributed by atoms with E-state index < -0.39 is 0 Å². The zero-order valence-corrected chi connectivity index (χ0v) is 14.3. The summed E-state index contributed by atoms with van der Waals surface area (Å²) in [5.41, 5.74) is 5.11. The van der Waals surface area contributed by atoms with Crippen LogP contribution in [0.1, 0.15) is 65.5 Å². The molecule has 0 saturated heterocycles. The van der Waals surface area contributed by atoms with Gasteiger partial charge in [-0.2, -0.15) is 0 Å². The van der Waals surface area contributed by atoms with Crippen LogP contribution in [0.2, 0.25) is 0 Å². The Kier molecular flexibility index (Phi) is 8.96. The maximum atomic E-state index is 4.19. The molecular weight excluding hydrogens is 240 g/mol. The van der Waals surface area contributed by atoms with E-state index in [0.29, 0.717) is 5.92 Å². The van der Waals surface area contributed by atoms with Crippen molar-refractivity contribution in [3.63, 3.8) is 0 Å². The summed E-state index contributed by atoms with van der Waals surface area (Å²) in [6.45, 7) is 21.1. The maximum absolute atomic E-state index is 4.19. The molecule has 0 saturated carbocycles. The van der Waals surface area contributed by atoms with Gasteiger partial charge in [-0.3, -0.25) is 0 Å². The van der Waals surface area contributed by atoms with Crippen LogP contribution in [0.25, 0.3) is 11.1 Å². The normalized spacial score (nSPS) is 17.2. The van der Waals surface area contributed by atoms with E-state index in [4.69, 9.17) is 0 Å². The van der Waals surface area contributed by atoms with E-state index in [9.17, 15) is 0 Å². The van der Waals surface area contributed by atoms with Crippen molar-refractivity contribution in [2.24, 2.45) is 11.8 Å². The van der Waals surface area contributed by atoms with E-state index in [1.54, 1.807) is 0 Å². The molecule has 1 atom stereocenters. The standard InChI is InChI=1S/C14H16.C4H10.C2H6/c1-10-8-9-11(2)13-6-4-5-7-14(13)12(10)3;1-4(2)3;1-2/h4-7,10H,2-3,8-9H2,1H3;4H,1-3H3;1-2H3. The van der Waals surface area contributed by atoms with Crippen LogP contribution in [0.15, 0.2) is 37.4 Å². The third-order valence-corrected chi connectivity index (χ3v) is 3.13. The molecule has 2 rings (SSSR count). The van der Waals surface area contributed by atoms with Crippen molar-refractivity contribution in [2.45, 2.75) is 54.4 Å². The second-order valence-electron chi connectivity index (χ2n) is 5.85. The van der Waals surface area contributed by atoms with Gasteiger partial charge >= 0.3 is 0 Å². The molecule has 112 valence electrons. The molecule has 0 amide bonds. The minimum atomic E-state index is 0.579. The Labute approximate surface area is 126 Å². The summed E-state index contributed by atoms with van der Waals surface area (Å²) in [6.07, 6.45) is 2.27. The van der Waals surface area contributed by atoms with Gasteiger partial charge in [0.05, 0.1) is 0 Å². The molecule has 0 aromatic heterocycles. The second kappa shape index (κ2) is 9.58. The summed E-state index contributed by atoms with van der Waals surface area (Å²) in [7, 11) is 0. The second-order valence-corrected chi connectivity index (χ2v) is 5.85. The lowest BCUT2D eigenvalue weighted by Gasteiger charge is -2.12. The molecule has 1 aromatic carbocycles. The minimum absolute atomic E-state index is 0.579. The molecule has 20 heavy (non-hydrogen) atoms. The Morgan fingerprint density at radius 2 is 1.45 bits per heavy atom. The van der Waals surface area contributed by atoms with Crippen LogP contribution in [0, 0.1) is 11.8 Å². The van der Waals surface area contributed by atoms with Crippen LogP contribution in [-0.2, 0) is 0 Å². The third-order valence-electron chi connectivity index (χ3n) is 3.13. The van der Waals surface area contributed by atoms with Gasteiger partial charge in [0.1, 0.15) is 0 Å². The number of allylic oxidation sites excluding steroid dienone is 2. The van der Waals surface area contributed by atoms with Crippen molar-refractivity contribution in [1.82, 2.24) is 0 Å². The van der Waals surface area contributed by atoms with Crippen molar-refractivity contribution in [3.8, 4) is 0 Å². The summed E-state index contributed by atoms with van der Waals surface area (Å²) in [5.74, 6) is 1.41. The molecule has 1 unspecified atom stereocenters. The first-order chi connectivity index (χ1) is 9.43. The topological polar surface area (TPSA) is 0 Å². The summed E-state index contributed by atoms with van der Waals surface area (Å²) >= 11 is 0. The number of hydrogen-bond donors (Lipinski definition) is 0. The van der Waals surface area contributed by atoms with Crippen molar-refractivity contribution in [3.05, 3.63) is 48.6 Å². The molecule has 0 heterocycles.